The monoisotopic (exact) mass is 308 g/mol. The van der Waals surface area contributed by atoms with Gasteiger partial charge in [-0.25, -0.2) is 0 Å². The molecule has 2 aliphatic rings. The minimum absolute atomic E-state index is 0.0375. The second-order valence-electron chi connectivity index (χ2n) is 5.66. The van der Waals surface area contributed by atoms with E-state index >= 15 is 0 Å². The highest BCUT2D eigenvalue weighted by molar-refractivity contribution is 6.30. The average Bonchev–Trinajstić information content (AvgIpc) is 2.55. The van der Waals surface area contributed by atoms with Crippen molar-refractivity contribution in [1.29, 1.82) is 0 Å². The molecule has 0 bridgehead atoms. The van der Waals surface area contributed by atoms with Gasteiger partial charge in [0, 0.05) is 31.3 Å². The highest BCUT2D eigenvalue weighted by Crippen LogP contribution is 2.27. The molecule has 4 nitrogen and oxygen atoms in total. The van der Waals surface area contributed by atoms with Crippen molar-refractivity contribution >= 4 is 17.5 Å². The maximum Gasteiger partial charge on any atom is 0.252 e. The van der Waals surface area contributed by atoms with Crippen molar-refractivity contribution in [3.8, 4) is 0 Å². The number of benzene rings is 1. The standard InChI is InChI=1S/C16H21ClN2O2/c17-13-5-3-4-12(10-13)14-11-18-7-8-19(14)16(20)15-6-1-2-9-21-15/h3-5,10,14-15,18H,1-2,6-9,11H2. The van der Waals surface area contributed by atoms with Crippen LogP contribution < -0.4 is 5.32 Å². The first-order valence-corrected chi connectivity index (χ1v) is 8.02. The fraction of sp³-hybridized carbons (Fsp3) is 0.562. The van der Waals surface area contributed by atoms with Crippen molar-refractivity contribution in [2.24, 2.45) is 0 Å². The van der Waals surface area contributed by atoms with E-state index in [4.69, 9.17) is 16.3 Å². The van der Waals surface area contributed by atoms with Crippen LogP contribution in [0.1, 0.15) is 30.9 Å². The van der Waals surface area contributed by atoms with E-state index in [1.54, 1.807) is 0 Å². The van der Waals surface area contributed by atoms with E-state index in [1.807, 2.05) is 29.2 Å². The van der Waals surface area contributed by atoms with E-state index in [1.165, 1.54) is 0 Å². The van der Waals surface area contributed by atoms with Gasteiger partial charge in [-0.1, -0.05) is 23.7 Å². The van der Waals surface area contributed by atoms with Gasteiger partial charge in [-0.15, -0.1) is 0 Å². The van der Waals surface area contributed by atoms with Crippen molar-refractivity contribution in [1.82, 2.24) is 10.2 Å². The van der Waals surface area contributed by atoms with Gasteiger partial charge < -0.3 is 15.0 Å². The van der Waals surface area contributed by atoms with E-state index < -0.39 is 0 Å². The Bertz CT molecular complexity index is 503. The van der Waals surface area contributed by atoms with Crippen LogP contribution in [0.25, 0.3) is 0 Å². The third-order valence-corrected chi connectivity index (χ3v) is 4.45. The Morgan fingerprint density at radius 2 is 2.29 bits per heavy atom. The van der Waals surface area contributed by atoms with Crippen LogP contribution in [0.4, 0.5) is 0 Å². The van der Waals surface area contributed by atoms with Crippen molar-refractivity contribution in [3.05, 3.63) is 34.9 Å². The van der Waals surface area contributed by atoms with Gasteiger partial charge in [0.1, 0.15) is 6.10 Å². The Kier molecular flexibility index (Phi) is 4.78. The molecular weight excluding hydrogens is 288 g/mol. The van der Waals surface area contributed by atoms with Crippen LogP contribution in [0, 0.1) is 0 Å². The number of carbonyl (C=O) groups is 1. The zero-order valence-electron chi connectivity index (χ0n) is 12.1. The molecule has 1 amide bonds. The maximum absolute atomic E-state index is 12.8. The maximum atomic E-state index is 12.8. The van der Waals surface area contributed by atoms with Gasteiger partial charge in [0.05, 0.1) is 6.04 Å². The molecule has 2 heterocycles. The zero-order valence-corrected chi connectivity index (χ0v) is 12.8. The molecule has 0 saturated carbocycles. The van der Waals surface area contributed by atoms with Gasteiger partial charge in [-0.2, -0.15) is 0 Å². The Labute approximate surface area is 130 Å². The summed E-state index contributed by atoms with van der Waals surface area (Å²) in [5.74, 6) is 0.126. The molecule has 2 fully saturated rings. The lowest BCUT2D eigenvalue weighted by atomic mass is 10.0. The van der Waals surface area contributed by atoms with Gasteiger partial charge in [0.2, 0.25) is 0 Å². The van der Waals surface area contributed by atoms with E-state index in [0.717, 1.165) is 44.5 Å². The second-order valence-corrected chi connectivity index (χ2v) is 6.10. The first-order valence-electron chi connectivity index (χ1n) is 7.64. The van der Waals surface area contributed by atoms with Crippen LogP contribution in [0.15, 0.2) is 24.3 Å². The molecule has 21 heavy (non-hydrogen) atoms. The molecule has 1 aromatic carbocycles. The number of nitrogens with one attached hydrogen (secondary N) is 1. The first-order chi connectivity index (χ1) is 10.3. The number of hydrogen-bond donors (Lipinski definition) is 1. The van der Waals surface area contributed by atoms with Crippen LogP contribution in [-0.2, 0) is 9.53 Å². The molecular formula is C16H21ClN2O2. The highest BCUT2D eigenvalue weighted by Gasteiger charge is 2.33. The lowest BCUT2D eigenvalue weighted by Gasteiger charge is -2.39. The van der Waals surface area contributed by atoms with Crippen molar-refractivity contribution in [2.75, 3.05) is 26.2 Å². The van der Waals surface area contributed by atoms with E-state index in [-0.39, 0.29) is 18.1 Å². The number of rotatable bonds is 2. The number of piperazine rings is 1. The summed E-state index contributed by atoms with van der Waals surface area (Å²) in [5, 5.41) is 4.07. The van der Waals surface area contributed by atoms with Gasteiger partial charge in [-0.05, 0) is 37.0 Å². The topological polar surface area (TPSA) is 41.6 Å². The number of ether oxygens (including phenoxy) is 1. The molecule has 0 aliphatic carbocycles. The van der Waals surface area contributed by atoms with Crippen LogP contribution in [0.3, 0.4) is 0 Å². The summed E-state index contributed by atoms with van der Waals surface area (Å²) in [6.07, 6.45) is 2.71. The molecule has 1 aromatic rings. The van der Waals surface area contributed by atoms with Gasteiger partial charge in [0.15, 0.2) is 0 Å². The minimum Gasteiger partial charge on any atom is -0.368 e. The summed E-state index contributed by atoms with van der Waals surface area (Å²) >= 11 is 6.09. The summed E-state index contributed by atoms with van der Waals surface area (Å²) < 4.78 is 5.66. The van der Waals surface area contributed by atoms with Crippen LogP contribution >= 0.6 is 11.6 Å². The number of carbonyl (C=O) groups excluding carboxylic acids is 1. The molecule has 5 heteroatoms. The molecule has 2 saturated heterocycles. The molecule has 0 spiro atoms. The lowest BCUT2D eigenvalue weighted by Crippen LogP contribution is -2.52. The lowest BCUT2D eigenvalue weighted by molar-refractivity contribution is -0.150. The smallest absolute Gasteiger partial charge is 0.252 e. The summed E-state index contributed by atoms with van der Waals surface area (Å²) in [7, 11) is 0. The van der Waals surface area contributed by atoms with E-state index in [2.05, 4.69) is 5.32 Å². The van der Waals surface area contributed by atoms with Crippen LogP contribution in [0.5, 0.6) is 0 Å². The molecule has 0 aromatic heterocycles. The molecule has 2 atom stereocenters. The Balaban J connectivity index is 1.79. The average molecular weight is 309 g/mol. The quantitative estimate of drug-likeness (QED) is 0.912. The summed E-state index contributed by atoms with van der Waals surface area (Å²) in [4.78, 5) is 14.7. The third kappa shape index (κ3) is 3.39. The predicted molar refractivity (Wildman–Crippen MR) is 82.4 cm³/mol. The highest BCUT2D eigenvalue weighted by atomic mass is 35.5. The fourth-order valence-corrected chi connectivity index (χ4v) is 3.30. The second kappa shape index (κ2) is 6.77. The molecule has 2 aliphatic heterocycles. The number of nitrogens with zero attached hydrogens (tertiary/aromatic N) is 1. The normalized spacial score (nSPS) is 26.6. The van der Waals surface area contributed by atoms with Crippen LogP contribution in [0.2, 0.25) is 5.02 Å². The van der Waals surface area contributed by atoms with Crippen molar-refractivity contribution in [2.45, 2.75) is 31.4 Å². The van der Waals surface area contributed by atoms with Gasteiger partial charge in [0.25, 0.3) is 5.91 Å². The fourth-order valence-electron chi connectivity index (χ4n) is 3.10. The SMILES string of the molecule is O=C(C1CCCCO1)N1CCNCC1c1cccc(Cl)c1. The predicted octanol–water partition coefficient (Wildman–Crippen LogP) is 2.38. The Morgan fingerprint density at radius 3 is 3.05 bits per heavy atom. The zero-order chi connectivity index (χ0) is 14.7. The van der Waals surface area contributed by atoms with E-state index in [9.17, 15) is 4.79 Å². The Morgan fingerprint density at radius 1 is 1.38 bits per heavy atom. The molecule has 1 N–H and O–H groups in total. The third-order valence-electron chi connectivity index (χ3n) is 4.22. The first kappa shape index (κ1) is 14.8. The van der Waals surface area contributed by atoms with Crippen LogP contribution in [-0.4, -0.2) is 43.2 Å². The largest absolute Gasteiger partial charge is 0.368 e. The minimum atomic E-state index is -0.265. The number of halogens is 1. The van der Waals surface area contributed by atoms with Crippen molar-refractivity contribution < 1.29 is 9.53 Å². The van der Waals surface area contributed by atoms with Gasteiger partial charge >= 0.3 is 0 Å². The number of hydrogen-bond acceptors (Lipinski definition) is 3. The number of amides is 1. The molecule has 3 rings (SSSR count). The molecule has 114 valence electrons. The van der Waals surface area contributed by atoms with E-state index in [0.29, 0.717) is 11.6 Å². The summed E-state index contributed by atoms with van der Waals surface area (Å²) in [6, 6.07) is 7.81. The molecule has 0 radical (unpaired) electrons. The molecule has 2 unspecified atom stereocenters. The van der Waals surface area contributed by atoms with Gasteiger partial charge in [-0.3, -0.25) is 4.79 Å². The Hall–Kier alpha value is -1.10. The summed E-state index contributed by atoms with van der Waals surface area (Å²) in [6.45, 7) is 3.01. The van der Waals surface area contributed by atoms with Crippen molar-refractivity contribution in [3.63, 3.8) is 0 Å². The summed E-state index contributed by atoms with van der Waals surface area (Å²) in [5.41, 5.74) is 1.08.